The number of nitrogens with zero attached hydrogens (tertiary/aromatic N) is 2. The van der Waals surface area contributed by atoms with Crippen LogP contribution in [0.25, 0.3) is 0 Å². The highest BCUT2D eigenvalue weighted by molar-refractivity contribution is 4.97. The number of rotatable bonds is 5. The molecule has 0 aromatic heterocycles. The first-order valence-corrected chi connectivity index (χ1v) is 8.45. The van der Waals surface area contributed by atoms with E-state index >= 15 is 0 Å². The van der Waals surface area contributed by atoms with E-state index in [1.807, 2.05) is 0 Å². The van der Waals surface area contributed by atoms with Crippen LogP contribution in [0.5, 0.6) is 0 Å². The Balaban J connectivity index is 2.10. The molecule has 1 aliphatic heterocycles. The summed E-state index contributed by atoms with van der Waals surface area (Å²) in [5.41, 5.74) is 6.56. The smallest absolute Gasteiger partial charge is 0.0347 e. The summed E-state index contributed by atoms with van der Waals surface area (Å²) in [5, 5.41) is 0. The normalized spacial score (nSPS) is 30.9. The zero-order chi connectivity index (χ0) is 13.7. The van der Waals surface area contributed by atoms with Crippen LogP contribution in [-0.4, -0.2) is 54.1 Å². The molecule has 2 rings (SSSR count). The summed E-state index contributed by atoms with van der Waals surface area (Å²) < 4.78 is 0. The first-order chi connectivity index (χ1) is 9.25. The van der Waals surface area contributed by atoms with E-state index in [0.29, 0.717) is 0 Å². The molecule has 2 fully saturated rings. The van der Waals surface area contributed by atoms with E-state index in [-0.39, 0.29) is 5.54 Å². The fourth-order valence-electron chi connectivity index (χ4n) is 4.36. The SMILES string of the molecule is CCN1CCCC(CN)(N(CC)C2CCCC2)CC1. The van der Waals surface area contributed by atoms with Crippen LogP contribution in [0.4, 0.5) is 0 Å². The van der Waals surface area contributed by atoms with E-state index in [1.54, 1.807) is 0 Å². The first kappa shape index (κ1) is 15.3. The molecule has 1 aliphatic carbocycles. The van der Waals surface area contributed by atoms with Crippen molar-refractivity contribution in [2.45, 2.75) is 70.4 Å². The molecule has 0 amide bonds. The Morgan fingerprint density at radius 2 is 1.84 bits per heavy atom. The Morgan fingerprint density at radius 1 is 1.11 bits per heavy atom. The minimum absolute atomic E-state index is 0.285. The molecule has 0 aromatic rings. The molecule has 112 valence electrons. The van der Waals surface area contributed by atoms with E-state index in [9.17, 15) is 0 Å². The second kappa shape index (κ2) is 7.05. The molecule has 2 N–H and O–H groups in total. The minimum atomic E-state index is 0.285. The number of hydrogen-bond donors (Lipinski definition) is 1. The van der Waals surface area contributed by atoms with Crippen molar-refractivity contribution in [2.24, 2.45) is 5.73 Å². The lowest BCUT2D eigenvalue weighted by Gasteiger charge is -2.46. The van der Waals surface area contributed by atoms with Crippen molar-refractivity contribution in [2.75, 3.05) is 32.7 Å². The van der Waals surface area contributed by atoms with Crippen LogP contribution in [-0.2, 0) is 0 Å². The fourth-order valence-corrected chi connectivity index (χ4v) is 4.36. The number of likely N-dealkylation sites (N-methyl/N-ethyl adjacent to an activating group) is 1. The Hall–Kier alpha value is -0.120. The average molecular weight is 267 g/mol. The van der Waals surface area contributed by atoms with Crippen molar-refractivity contribution >= 4 is 0 Å². The second-order valence-electron chi connectivity index (χ2n) is 6.44. The van der Waals surface area contributed by atoms with E-state index in [1.165, 1.54) is 71.1 Å². The van der Waals surface area contributed by atoms with Gasteiger partial charge in [-0.3, -0.25) is 4.90 Å². The molecule has 2 aliphatic rings. The van der Waals surface area contributed by atoms with Gasteiger partial charge in [0, 0.05) is 18.1 Å². The maximum Gasteiger partial charge on any atom is 0.0347 e. The summed E-state index contributed by atoms with van der Waals surface area (Å²) in [7, 11) is 0. The van der Waals surface area contributed by atoms with Gasteiger partial charge in [-0.1, -0.05) is 26.7 Å². The zero-order valence-electron chi connectivity index (χ0n) is 13.0. The Bertz CT molecular complexity index is 263. The highest BCUT2D eigenvalue weighted by Gasteiger charge is 2.40. The fraction of sp³-hybridized carbons (Fsp3) is 1.00. The lowest BCUT2D eigenvalue weighted by atomic mass is 9.86. The van der Waals surface area contributed by atoms with Crippen molar-refractivity contribution in [3.05, 3.63) is 0 Å². The van der Waals surface area contributed by atoms with Crippen LogP contribution in [0.3, 0.4) is 0 Å². The molecule has 3 heteroatoms. The number of hydrogen-bond acceptors (Lipinski definition) is 3. The highest BCUT2D eigenvalue weighted by Crippen LogP contribution is 2.35. The molecule has 1 saturated heterocycles. The third-order valence-corrected chi connectivity index (χ3v) is 5.55. The van der Waals surface area contributed by atoms with Gasteiger partial charge in [0.05, 0.1) is 0 Å². The van der Waals surface area contributed by atoms with Crippen LogP contribution < -0.4 is 5.73 Å². The Morgan fingerprint density at radius 3 is 2.42 bits per heavy atom. The molecule has 0 spiro atoms. The molecule has 1 atom stereocenters. The van der Waals surface area contributed by atoms with Crippen LogP contribution >= 0.6 is 0 Å². The van der Waals surface area contributed by atoms with Gasteiger partial charge < -0.3 is 10.6 Å². The molecule has 1 unspecified atom stereocenters. The van der Waals surface area contributed by atoms with Crippen LogP contribution in [0.1, 0.15) is 58.8 Å². The lowest BCUT2D eigenvalue weighted by Crippen LogP contribution is -2.57. The standard InChI is InChI=1S/C16H33N3/c1-3-18-12-7-10-16(14-17,11-13-18)19(4-2)15-8-5-6-9-15/h15H,3-14,17H2,1-2H3. The molecule has 19 heavy (non-hydrogen) atoms. The van der Waals surface area contributed by atoms with Gasteiger partial charge in [-0.05, 0) is 58.3 Å². The van der Waals surface area contributed by atoms with Gasteiger partial charge in [-0.25, -0.2) is 0 Å². The maximum absolute atomic E-state index is 6.28. The second-order valence-corrected chi connectivity index (χ2v) is 6.44. The minimum Gasteiger partial charge on any atom is -0.329 e. The molecule has 0 bridgehead atoms. The Labute approximate surface area is 119 Å². The molecule has 3 nitrogen and oxygen atoms in total. The number of nitrogens with two attached hydrogens (primary N) is 1. The van der Waals surface area contributed by atoms with Crippen molar-refractivity contribution in [1.82, 2.24) is 9.80 Å². The van der Waals surface area contributed by atoms with Gasteiger partial charge in [0.15, 0.2) is 0 Å². The third-order valence-electron chi connectivity index (χ3n) is 5.55. The summed E-state index contributed by atoms with van der Waals surface area (Å²) in [5.74, 6) is 0. The van der Waals surface area contributed by atoms with Crippen molar-refractivity contribution in [1.29, 1.82) is 0 Å². The number of likely N-dealkylation sites (tertiary alicyclic amines) is 1. The van der Waals surface area contributed by atoms with Crippen LogP contribution in [0, 0.1) is 0 Å². The van der Waals surface area contributed by atoms with Gasteiger partial charge in [0.25, 0.3) is 0 Å². The highest BCUT2D eigenvalue weighted by atomic mass is 15.2. The first-order valence-electron chi connectivity index (χ1n) is 8.45. The van der Waals surface area contributed by atoms with Gasteiger partial charge >= 0.3 is 0 Å². The quantitative estimate of drug-likeness (QED) is 0.830. The monoisotopic (exact) mass is 267 g/mol. The van der Waals surface area contributed by atoms with Gasteiger partial charge in [0.1, 0.15) is 0 Å². The summed E-state index contributed by atoms with van der Waals surface area (Å²) >= 11 is 0. The molecule has 0 radical (unpaired) electrons. The summed E-state index contributed by atoms with van der Waals surface area (Å²) in [6.07, 6.45) is 9.51. The molecule has 1 saturated carbocycles. The van der Waals surface area contributed by atoms with Gasteiger partial charge in [0.2, 0.25) is 0 Å². The van der Waals surface area contributed by atoms with Crippen molar-refractivity contribution in [3.8, 4) is 0 Å². The lowest BCUT2D eigenvalue weighted by molar-refractivity contribution is 0.0422. The molecule has 0 aromatic carbocycles. The largest absolute Gasteiger partial charge is 0.329 e. The Kier molecular flexibility index (Phi) is 5.67. The predicted molar refractivity (Wildman–Crippen MR) is 82.4 cm³/mol. The predicted octanol–water partition coefficient (Wildman–Crippen LogP) is 2.45. The molecule has 1 heterocycles. The van der Waals surface area contributed by atoms with Crippen LogP contribution in [0.2, 0.25) is 0 Å². The summed E-state index contributed by atoms with van der Waals surface area (Å²) in [6.45, 7) is 10.3. The van der Waals surface area contributed by atoms with Gasteiger partial charge in [-0.2, -0.15) is 0 Å². The van der Waals surface area contributed by atoms with E-state index < -0.39 is 0 Å². The van der Waals surface area contributed by atoms with Crippen LogP contribution in [0.15, 0.2) is 0 Å². The third kappa shape index (κ3) is 3.32. The van der Waals surface area contributed by atoms with Crippen molar-refractivity contribution < 1.29 is 0 Å². The topological polar surface area (TPSA) is 32.5 Å². The molecular formula is C16H33N3. The van der Waals surface area contributed by atoms with E-state index in [0.717, 1.165) is 12.6 Å². The van der Waals surface area contributed by atoms with Gasteiger partial charge in [-0.15, -0.1) is 0 Å². The zero-order valence-corrected chi connectivity index (χ0v) is 13.0. The van der Waals surface area contributed by atoms with Crippen molar-refractivity contribution in [3.63, 3.8) is 0 Å². The average Bonchev–Trinajstić information content (AvgIpc) is 2.87. The summed E-state index contributed by atoms with van der Waals surface area (Å²) in [6, 6.07) is 0.807. The summed E-state index contributed by atoms with van der Waals surface area (Å²) in [4.78, 5) is 5.39. The molecular weight excluding hydrogens is 234 g/mol. The van der Waals surface area contributed by atoms with E-state index in [4.69, 9.17) is 5.73 Å². The maximum atomic E-state index is 6.28. The van der Waals surface area contributed by atoms with E-state index in [2.05, 4.69) is 23.6 Å².